The van der Waals surface area contributed by atoms with Crippen LogP contribution in [0.5, 0.6) is 0 Å². The quantitative estimate of drug-likeness (QED) is 0.805. The van der Waals surface area contributed by atoms with Gasteiger partial charge in [0, 0.05) is 5.39 Å². The largest absolute Gasteiger partial charge is 0.448 e. The van der Waals surface area contributed by atoms with Gasteiger partial charge in [0.1, 0.15) is 5.82 Å². The van der Waals surface area contributed by atoms with Crippen LogP contribution in [0.1, 0.15) is 13.8 Å². The molecule has 1 heterocycles. The number of hydrogen-bond donors (Lipinski definition) is 0. The molecule has 0 spiro atoms. The number of carbonyl (C=O) groups excluding carboxylic acids is 1. The smallest absolute Gasteiger partial charge is 0.435 e. The van der Waals surface area contributed by atoms with Crippen molar-refractivity contribution in [3.05, 3.63) is 30.2 Å². The molecule has 4 nitrogen and oxygen atoms in total. The van der Waals surface area contributed by atoms with Crippen LogP contribution in [0.3, 0.4) is 0 Å². The summed E-state index contributed by atoms with van der Waals surface area (Å²) in [6.45, 7) is 4.23. The van der Waals surface area contributed by atoms with Gasteiger partial charge in [0.2, 0.25) is 0 Å². The van der Waals surface area contributed by atoms with Gasteiger partial charge in [0.15, 0.2) is 0 Å². The lowest BCUT2D eigenvalue weighted by molar-refractivity contribution is 0.132. The number of halogens is 1. The monoisotopic (exact) mass is 236 g/mol. The van der Waals surface area contributed by atoms with Gasteiger partial charge in [-0.05, 0) is 24.1 Å². The Balaban J connectivity index is 2.27. The van der Waals surface area contributed by atoms with E-state index in [9.17, 15) is 9.18 Å². The zero-order valence-corrected chi connectivity index (χ0v) is 9.68. The van der Waals surface area contributed by atoms with Gasteiger partial charge in [-0.3, -0.25) is 0 Å². The van der Waals surface area contributed by atoms with Crippen LogP contribution in [0, 0.1) is 11.7 Å². The van der Waals surface area contributed by atoms with Crippen LogP contribution in [-0.4, -0.2) is 22.5 Å². The second-order valence-electron chi connectivity index (χ2n) is 4.23. The third kappa shape index (κ3) is 2.43. The molecule has 0 aliphatic carbocycles. The molecule has 0 bridgehead atoms. The van der Waals surface area contributed by atoms with Crippen molar-refractivity contribution in [2.75, 3.05) is 6.61 Å². The first-order valence-corrected chi connectivity index (χ1v) is 5.38. The minimum Gasteiger partial charge on any atom is -0.448 e. The van der Waals surface area contributed by atoms with Crippen LogP contribution in [0.4, 0.5) is 9.18 Å². The Morgan fingerprint density at radius 1 is 1.53 bits per heavy atom. The van der Waals surface area contributed by atoms with E-state index in [0.29, 0.717) is 17.5 Å². The molecule has 1 aromatic carbocycles. The second kappa shape index (κ2) is 4.53. The van der Waals surface area contributed by atoms with Crippen molar-refractivity contribution in [2.24, 2.45) is 5.92 Å². The zero-order valence-electron chi connectivity index (χ0n) is 9.68. The van der Waals surface area contributed by atoms with Crippen molar-refractivity contribution in [1.82, 2.24) is 9.78 Å². The Kier molecular flexibility index (Phi) is 3.08. The number of rotatable bonds is 2. The number of aromatic nitrogens is 2. The predicted molar refractivity (Wildman–Crippen MR) is 61.3 cm³/mol. The van der Waals surface area contributed by atoms with Crippen LogP contribution < -0.4 is 0 Å². The number of benzene rings is 1. The number of carbonyl (C=O) groups is 1. The van der Waals surface area contributed by atoms with Gasteiger partial charge in [-0.2, -0.15) is 9.78 Å². The first-order chi connectivity index (χ1) is 8.08. The molecule has 5 heteroatoms. The Bertz CT molecular complexity index is 548. The molecule has 2 rings (SSSR count). The molecule has 0 unspecified atom stereocenters. The third-order valence-corrected chi connectivity index (χ3v) is 2.24. The Morgan fingerprint density at radius 2 is 2.29 bits per heavy atom. The standard InChI is InChI=1S/C12H13FN2O2/c1-8(2)7-17-12(16)15-11-4-3-10(13)5-9(11)6-14-15/h3-6,8H,7H2,1-2H3. The highest BCUT2D eigenvalue weighted by Gasteiger charge is 2.12. The maximum atomic E-state index is 12.9. The summed E-state index contributed by atoms with van der Waals surface area (Å²) in [4.78, 5) is 11.7. The molecule has 0 aliphatic rings. The molecule has 0 amide bonds. The average Bonchev–Trinajstić information content (AvgIpc) is 2.68. The molecule has 0 N–H and O–H groups in total. The van der Waals surface area contributed by atoms with Gasteiger partial charge in [-0.15, -0.1) is 0 Å². The molecule has 1 aromatic heterocycles. The van der Waals surface area contributed by atoms with E-state index in [1.54, 1.807) is 0 Å². The minimum absolute atomic E-state index is 0.262. The van der Waals surface area contributed by atoms with Crippen molar-refractivity contribution < 1.29 is 13.9 Å². The number of fused-ring (bicyclic) bond motifs is 1. The summed E-state index contributed by atoms with van der Waals surface area (Å²) in [5.41, 5.74) is 0.542. The Labute approximate surface area is 98.0 Å². The zero-order chi connectivity index (χ0) is 12.4. The first kappa shape index (κ1) is 11.6. The van der Waals surface area contributed by atoms with Gasteiger partial charge >= 0.3 is 6.09 Å². The first-order valence-electron chi connectivity index (χ1n) is 5.38. The van der Waals surface area contributed by atoms with E-state index in [2.05, 4.69) is 5.10 Å². The summed E-state index contributed by atoms with van der Waals surface area (Å²) in [6, 6.07) is 4.12. The molecular weight excluding hydrogens is 223 g/mol. The lowest BCUT2D eigenvalue weighted by Gasteiger charge is -2.07. The van der Waals surface area contributed by atoms with Crippen LogP contribution in [0.2, 0.25) is 0 Å². The summed E-state index contributed by atoms with van der Waals surface area (Å²) in [5.74, 6) is -0.0918. The molecule has 0 fully saturated rings. The molecule has 2 aromatic rings. The van der Waals surface area contributed by atoms with Gasteiger partial charge in [0.25, 0.3) is 0 Å². The topological polar surface area (TPSA) is 44.1 Å². The van der Waals surface area contributed by atoms with Crippen LogP contribution in [-0.2, 0) is 4.74 Å². The SMILES string of the molecule is CC(C)COC(=O)n1ncc2cc(F)ccc21. The third-order valence-electron chi connectivity index (χ3n) is 2.24. The molecule has 17 heavy (non-hydrogen) atoms. The highest BCUT2D eigenvalue weighted by atomic mass is 19.1. The van der Waals surface area contributed by atoms with Gasteiger partial charge in [-0.25, -0.2) is 9.18 Å². The summed E-state index contributed by atoms with van der Waals surface area (Å²) in [7, 11) is 0. The van der Waals surface area contributed by atoms with Gasteiger partial charge in [-0.1, -0.05) is 13.8 Å². The van der Waals surface area contributed by atoms with Crippen LogP contribution >= 0.6 is 0 Å². The number of ether oxygens (including phenoxy) is 1. The molecule has 90 valence electrons. The summed E-state index contributed by atoms with van der Waals surface area (Å²) < 4.78 is 19.1. The van der Waals surface area contributed by atoms with E-state index < -0.39 is 6.09 Å². The molecule has 0 atom stereocenters. The average molecular weight is 236 g/mol. The van der Waals surface area contributed by atoms with E-state index in [1.165, 1.54) is 24.4 Å². The van der Waals surface area contributed by atoms with Crippen LogP contribution in [0.25, 0.3) is 10.9 Å². The summed E-state index contributed by atoms with van der Waals surface area (Å²) >= 11 is 0. The maximum Gasteiger partial charge on any atom is 0.435 e. The highest BCUT2D eigenvalue weighted by Crippen LogP contribution is 2.15. The van der Waals surface area contributed by atoms with Crippen molar-refractivity contribution in [3.8, 4) is 0 Å². The summed E-state index contributed by atoms with van der Waals surface area (Å²) in [6.07, 6.45) is 0.898. The van der Waals surface area contributed by atoms with Crippen molar-refractivity contribution >= 4 is 17.0 Å². The Morgan fingerprint density at radius 3 is 3.00 bits per heavy atom. The Hall–Kier alpha value is -1.91. The maximum absolute atomic E-state index is 12.9. The van der Waals surface area contributed by atoms with Crippen molar-refractivity contribution in [2.45, 2.75) is 13.8 Å². The van der Waals surface area contributed by atoms with Crippen LogP contribution in [0.15, 0.2) is 24.4 Å². The molecule has 0 aliphatic heterocycles. The van der Waals surface area contributed by atoms with Crippen molar-refractivity contribution in [3.63, 3.8) is 0 Å². The van der Waals surface area contributed by atoms with Crippen molar-refractivity contribution in [1.29, 1.82) is 0 Å². The molecule has 0 radical (unpaired) electrons. The molecular formula is C12H13FN2O2. The van der Waals surface area contributed by atoms with E-state index >= 15 is 0 Å². The van der Waals surface area contributed by atoms with E-state index in [1.807, 2.05) is 13.8 Å². The van der Waals surface area contributed by atoms with Gasteiger partial charge < -0.3 is 4.74 Å². The number of nitrogens with zero attached hydrogens (tertiary/aromatic N) is 2. The normalized spacial score (nSPS) is 11.1. The fourth-order valence-electron chi connectivity index (χ4n) is 1.45. The fourth-order valence-corrected chi connectivity index (χ4v) is 1.45. The molecule has 0 saturated carbocycles. The second-order valence-corrected chi connectivity index (χ2v) is 4.23. The highest BCUT2D eigenvalue weighted by molar-refractivity contribution is 5.87. The molecule has 0 saturated heterocycles. The predicted octanol–water partition coefficient (Wildman–Crippen LogP) is 2.82. The number of hydrogen-bond acceptors (Lipinski definition) is 3. The minimum atomic E-state index is -0.541. The van der Waals surface area contributed by atoms with Gasteiger partial charge in [0.05, 0.1) is 18.3 Å². The fraction of sp³-hybridized carbons (Fsp3) is 0.333. The lowest BCUT2D eigenvalue weighted by Crippen LogP contribution is -2.17. The summed E-state index contributed by atoms with van der Waals surface area (Å²) in [5, 5.41) is 4.47. The van der Waals surface area contributed by atoms with E-state index in [4.69, 9.17) is 4.74 Å². The van der Waals surface area contributed by atoms with E-state index in [0.717, 1.165) is 4.68 Å². The van der Waals surface area contributed by atoms with E-state index in [-0.39, 0.29) is 11.7 Å². The lowest BCUT2D eigenvalue weighted by atomic mass is 10.2.